The molecule has 1 aromatic heterocycles. The van der Waals surface area contributed by atoms with Crippen LogP contribution in [0.15, 0.2) is 30.6 Å². The van der Waals surface area contributed by atoms with Crippen molar-refractivity contribution in [3.63, 3.8) is 0 Å². The number of carbonyl (C=O) groups is 2. The van der Waals surface area contributed by atoms with Crippen LogP contribution in [0.1, 0.15) is 37.8 Å². The molecule has 1 aromatic carbocycles. The quantitative estimate of drug-likeness (QED) is 0.674. The summed E-state index contributed by atoms with van der Waals surface area (Å²) < 4.78 is 0. The Labute approximate surface area is 199 Å². The van der Waals surface area contributed by atoms with Crippen molar-refractivity contribution in [1.82, 2.24) is 20.2 Å². The number of fused-ring (bicyclic) bond motifs is 1. The van der Waals surface area contributed by atoms with Crippen LogP contribution in [0.3, 0.4) is 0 Å². The third-order valence-corrected chi connectivity index (χ3v) is 6.57. The second-order valence-corrected chi connectivity index (χ2v) is 9.53. The first-order chi connectivity index (χ1) is 15.8. The molecule has 8 nitrogen and oxygen atoms in total. The first kappa shape index (κ1) is 23.4. The number of piperazine rings is 1. The smallest absolute Gasteiger partial charge is 0.231 e. The Morgan fingerprint density at radius 1 is 1.18 bits per heavy atom. The molecule has 2 aromatic rings. The number of benzene rings is 1. The molecule has 2 amide bonds. The number of nitrogens with zero attached hydrogens (tertiary/aromatic N) is 4. The summed E-state index contributed by atoms with van der Waals surface area (Å²) in [6.07, 6.45) is 2.12. The van der Waals surface area contributed by atoms with Gasteiger partial charge >= 0.3 is 0 Å². The van der Waals surface area contributed by atoms with Gasteiger partial charge in [0.15, 0.2) is 0 Å². The summed E-state index contributed by atoms with van der Waals surface area (Å²) >= 11 is 6.06. The number of aromatic nitrogens is 2. The molecular formula is C24H31ClN6O2. The van der Waals surface area contributed by atoms with Gasteiger partial charge in [0.1, 0.15) is 18.0 Å². The van der Waals surface area contributed by atoms with E-state index in [0.29, 0.717) is 50.0 Å². The van der Waals surface area contributed by atoms with Crippen LogP contribution < -0.4 is 15.5 Å². The zero-order valence-electron chi connectivity index (χ0n) is 19.3. The Hall–Kier alpha value is -2.71. The van der Waals surface area contributed by atoms with Crippen molar-refractivity contribution in [3.8, 4) is 0 Å². The van der Waals surface area contributed by atoms with E-state index in [1.54, 1.807) is 0 Å². The number of anilines is 2. The van der Waals surface area contributed by atoms with E-state index in [1.165, 1.54) is 6.33 Å². The van der Waals surface area contributed by atoms with E-state index in [-0.39, 0.29) is 29.7 Å². The Balaban J connectivity index is 1.46. The summed E-state index contributed by atoms with van der Waals surface area (Å²) in [4.78, 5) is 38.4. The van der Waals surface area contributed by atoms with Crippen LogP contribution in [0.5, 0.6) is 0 Å². The van der Waals surface area contributed by atoms with Crippen molar-refractivity contribution in [2.45, 2.75) is 39.2 Å². The topological polar surface area (TPSA) is 90.5 Å². The maximum atomic E-state index is 13.5. The predicted octanol–water partition coefficient (Wildman–Crippen LogP) is 2.69. The molecule has 0 bridgehead atoms. The number of hydrogen-bond donors (Lipinski definition) is 2. The minimum Gasteiger partial charge on any atom is -0.353 e. The highest BCUT2D eigenvalue weighted by Crippen LogP contribution is 2.31. The van der Waals surface area contributed by atoms with Gasteiger partial charge in [0.05, 0.1) is 5.92 Å². The first-order valence-electron chi connectivity index (χ1n) is 11.5. The largest absolute Gasteiger partial charge is 0.353 e. The van der Waals surface area contributed by atoms with Gasteiger partial charge in [-0.25, -0.2) is 9.97 Å². The summed E-state index contributed by atoms with van der Waals surface area (Å²) in [6.45, 7) is 9.24. The highest BCUT2D eigenvalue weighted by atomic mass is 35.5. The predicted molar refractivity (Wildman–Crippen MR) is 130 cm³/mol. The van der Waals surface area contributed by atoms with Crippen LogP contribution in [0.2, 0.25) is 5.02 Å². The highest BCUT2D eigenvalue weighted by Gasteiger charge is 2.32. The zero-order valence-corrected chi connectivity index (χ0v) is 20.1. The number of amides is 2. The summed E-state index contributed by atoms with van der Waals surface area (Å²) in [5.41, 5.74) is 1.94. The molecule has 9 heteroatoms. The normalized spacial score (nSPS) is 19.3. The summed E-state index contributed by atoms with van der Waals surface area (Å²) in [5, 5.41) is 6.95. The fraction of sp³-hybridized carbons (Fsp3) is 0.500. The van der Waals surface area contributed by atoms with Gasteiger partial charge in [-0.05, 0) is 24.1 Å². The third kappa shape index (κ3) is 5.28. The molecule has 2 atom stereocenters. The van der Waals surface area contributed by atoms with Crippen molar-refractivity contribution in [2.24, 2.45) is 5.92 Å². The summed E-state index contributed by atoms with van der Waals surface area (Å²) in [7, 11) is 0. The van der Waals surface area contributed by atoms with Crippen molar-refractivity contribution in [1.29, 1.82) is 0 Å². The minimum absolute atomic E-state index is 0.00851. The van der Waals surface area contributed by atoms with E-state index >= 15 is 0 Å². The summed E-state index contributed by atoms with van der Waals surface area (Å²) in [6, 6.07) is 7.83. The lowest BCUT2D eigenvalue weighted by Crippen LogP contribution is -2.51. The Kier molecular flexibility index (Phi) is 7.14. The highest BCUT2D eigenvalue weighted by molar-refractivity contribution is 6.30. The Bertz CT molecular complexity index is 1000. The number of hydrogen-bond acceptors (Lipinski definition) is 6. The molecule has 3 heterocycles. The number of rotatable bonds is 6. The van der Waals surface area contributed by atoms with Crippen molar-refractivity contribution in [2.75, 3.05) is 42.9 Å². The van der Waals surface area contributed by atoms with Gasteiger partial charge in [-0.1, -0.05) is 44.5 Å². The van der Waals surface area contributed by atoms with Gasteiger partial charge in [-0.2, -0.15) is 0 Å². The SMILES string of the molecule is CC(C)NCC(C(=O)N1CCN(c2ncnc3c2CC(C)C(=O)N3)CC1)c1ccc(Cl)cc1. The molecule has 2 aliphatic heterocycles. The molecule has 33 heavy (non-hydrogen) atoms. The van der Waals surface area contributed by atoms with Gasteiger partial charge < -0.3 is 20.4 Å². The second kappa shape index (κ2) is 10.1. The van der Waals surface area contributed by atoms with Crippen molar-refractivity contribution >= 4 is 35.1 Å². The maximum Gasteiger partial charge on any atom is 0.231 e. The van der Waals surface area contributed by atoms with Crippen LogP contribution in [-0.2, 0) is 16.0 Å². The molecule has 0 spiro atoms. The molecule has 2 unspecified atom stereocenters. The van der Waals surface area contributed by atoms with Gasteiger partial charge in [0, 0.05) is 55.3 Å². The number of nitrogens with one attached hydrogen (secondary N) is 2. The van der Waals surface area contributed by atoms with Gasteiger partial charge in [-0.3, -0.25) is 9.59 Å². The number of carbonyl (C=O) groups excluding carboxylic acids is 2. The standard InChI is InChI=1S/C24H31ClN6O2/c1-15(2)26-13-20(17-4-6-18(25)7-5-17)24(33)31-10-8-30(9-11-31)22-19-12-16(3)23(32)29-21(19)27-14-28-22/h4-7,14-16,20,26H,8-13H2,1-3H3,(H,27,28,29,32). The van der Waals surface area contributed by atoms with Gasteiger partial charge in [0.25, 0.3) is 0 Å². The minimum atomic E-state index is -0.265. The molecule has 176 valence electrons. The van der Waals surface area contributed by atoms with Crippen molar-refractivity contribution in [3.05, 3.63) is 46.7 Å². The van der Waals surface area contributed by atoms with Gasteiger partial charge in [-0.15, -0.1) is 0 Å². The summed E-state index contributed by atoms with van der Waals surface area (Å²) in [5.74, 6) is 1.19. The average Bonchev–Trinajstić information content (AvgIpc) is 2.80. The van der Waals surface area contributed by atoms with Crippen LogP contribution in [-0.4, -0.2) is 65.4 Å². The second-order valence-electron chi connectivity index (χ2n) is 9.10. The third-order valence-electron chi connectivity index (χ3n) is 6.31. The molecular weight excluding hydrogens is 440 g/mol. The first-order valence-corrected chi connectivity index (χ1v) is 11.9. The van der Waals surface area contributed by atoms with E-state index < -0.39 is 0 Å². The fourth-order valence-electron chi connectivity index (χ4n) is 4.37. The monoisotopic (exact) mass is 470 g/mol. The maximum absolute atomic E-state index is 13.5. The lowest BCUT2D eigenvalue weighted by Gasteiger charge is -2.38. The van der Waals surface area contributed by atoms with E-state index in [2.05, 4.69) is 39.3 Å². The molecule has 2 aliphatic rings. The average molecular weight is 471 g/mol. The van der Waals surface area contributed by atoms with E-state index in [4.69, 9.17) is 11.6 Å². The molecule has 0 saturated carbocycles. The van der Waals surface area contributed by atoms with Gasteiger partial charge in [0.2, 0.25) is 11.8 Å². The fourth-order valence-corrected chi connectivity index (χ4v) is 4.49. The van der Waals surface area contributed by atoms with Crippen LogP contribution in [0, 0.1) is 5.92 Å². The molecule has 2 N–H and O–H groups in total. The Morgan fingerprint density at radius 3 is 2.55 bits per heavy atom. The van der Waals surface area contributed by atoms with Crippen molar-refractivity contribution < 1.29 is 9.59 Å². The van der Waals surface area contributed by atoms with E-state index in [0.717, 1.165) is 16.9 Å². The molecule has 4 rings (SSSR count). The van der Waals surface area contributed by atoms with Crippen LogP contribution in [0.25, 0.3) is 0 Å². The molecule has 1 saturated heterocycles. The molecule has 0 radical (unpaired) electrons. The van der Waals surface area contributed by atoms with E-state index in [9.17, 15) is 9.59 Å². The van der Waals surface area contributed by atoms with E-state index in [1.807, 2.05) is 36.1 Å². The van der Waals surface area contributed by atoms with Crippen LogP contribution in [0.4, 0.5) is 11.6 Å². The Morgan fingerprint density at radius 2 is 1.88 bits per heavy atom. The lowest BCUT2D eigenvalue weighted by molar-refractivity contribution is -0.133. The molecule has 0 aliphatic carbocycles. The van der Waals surface area contributed by atoms with Crippen LogP contribution >= 0.6 is 11.6 Å². The molecule has 1 fully saturated rings. The number of halogens is 1. The lowest BCUT2D eigenvalue weighted by atomic mass is 9.96. The zero-order chi connectivity index (χ0) is 23.5.